The van der Waals surface area contributed by atoms with Gasteiger partial charge in [0.25, 0.3) is 0 Å². The number of nitrogens with zero attached hydrogens (tertiary/aromatic N) is 2. The number of rotatable bonds is 6. The molecule has 9 heteroatoms. The van der Waals surface area contributed by atoms with Gasteiger partial charge in [-0.05, 0) is 23.8 Å². The Kier molecular flexibility index (Phi) is 4.99. The number of benzene rings is 1. The molecule has 0 bridgehead atoms. The van der Waals surface area contributed by atoms with E-state index in [9.17, 15) is 9.59 Å². The van der Waals surface area contributed by atoms with Gasteiger partial charge in [-0.25, -0.2) is 0 Å². The van der Waals surface area contributed by atoms with Crippen molar-refractivity contribution in [1.82, 2.24) is 20.7 Å². The quantitative estimate of drug-likeness (QED) is 0.534. The number of amides is 2. The Hall–Kier alpha value is -2.55. The number of H-pyrrole nitrogens is 1. The number of carbonyl (C=O) groups is 2. The van der Waals surface area contributed by atoms with Crippen molar-refractivity contribution in [2.24, 2.45) is 0 Å². The molecule has 1 aromatic carbocycles. The second-order valence-electron chi connectivity index (χ2n) is 5.21. The summed E-state index contributed by atoms with van der Waals surface area (Å²) in [7, 11) is 1.57. The molecule has 126 valence electrons. The predicted molar refractivity (Wildman–Crippen MR) is 89.1 cm³/mol. The first-order valence-corrected chi connectivity index (χ1v) is 8.40. The Labute approximate surface area is 142 Å². The number of fused-ring (bicyclic) bond motifs is 1. The van der Waals surface area contributed by atoms with Gasteiger partial charge in [0, 0.05) is 24.4 Å². The second kappa shape index (κ2) is 7.35. The van der Waals surface area contributed by atoms with Gasteiger partial charge in [-0.3, -0.25) is 9.59 Å². The van der Waals surface area contributed by atoms with Gasteiger partial charge in [-0.1, -0.05) is 0 Å². The zero-order chi connectivity index (χ0) is 16.9. The highest BCUT2D eigenvalue weighted by Gasteiger charge is 2.30. The Bertz CT molecular complexity index is 735. The number of anilines is 1. The molecule has 0 spiro atoms. The number of aromatic amines is 1. The van der Waals surface area contributed by atoms with Crippen LogP contribution in [-0.2, 0) is 9.59 Å². The molecule has 1 aliphatic heterocycles. The lowest BCUT2D eigenvalue weighted by molar-refractivity contribution is -0.126. The van der Waals surface area contributed by atoms with Crippen molar-refractivity contribution >= 4 is 29.3 Å². The highest BCUT2D eigenvalue weighted by molar-refractivity contribution is 7.99. The molecule has 0 radical (unpaired) electrons. The van der Waals surface area contributed by atoms with E-state index in [0.29, 0.717) is 23.7 Å². The number of aromatic nitrogens is 3. The summed E-state index contributed by atoms with van der Waals surface area (Å²) in [5.74, 6) is 0.484. The van der Waals surface area contributed by atoms with E-state index in [1.807, 2.05) is 0 Å². The number of carbonyl (C=O) groups excluding carboxylic acids is 2. The molecule has 3 N–H and O–H groups in total. The fourth-order valence-electron chi connectivity index (χ4n) is 2.51. The van der Waals surface area contributed by atoms with Crippen LogP contribution in [0.1, 0.15) is 17.9 Å². The molecule has 3 rings (SSSR count). The number of hydrogen-bond donors (Lipinski definition) is 3. The van der Waals surface area contributed by atoms with E-state index in [2.05, 4.69) is 26.0 Å². The molecule has 1 atom stereocenters. The first-order valence-electron chi connectivity index (χ1n) is 7.41. The first-order chi connectivity index (χ1) is 11.7. The van der Waals surface area contributed by atoms with E-state index >= 15 is 0 Å². The predicted octanol–water partition coefficient (Wildman–Crippen LogP) is 1.15. The Morgan fingerprint density at radius 3 is 3.12 bits per heavy atom. The molecule has 0 saturated heterocycles. The molecule has 1 aromatic heterocycles. The monoisotopic (exact) mass is 347 g/mol. The lowest BCUT2D eigenvalue weighted by Crippen LogP contribution is -2.36. The minimum Gasteiger partial charge on any atom is -0.497 e. The number of nitrogens with one attached hydrogen (secondary N) is 3. The summed E-state index contributed by atoms with van der Waals surface area (Å²) >= 11 is 1.49. The Morgan fingerprint density at radius 2 is 2.38 bits per heavy atom. The van der Waals surface area contributed by atoms with Crippen LogP contribution in [0.15, 0.2) is 29.4 Å². The Morgan fingerprint density at radius 1 is 1.50 bits per heavy atom. The lowest BCUT2D eigenvalue weighted by atomic mass is 9.89. The van der Waals surface area contributed by atoms with Gasteiger partial charge in [0.15, 0.2) is 0 Å². The van der Waals surface area contributed by atoms with E-state index in [1.165, 1.54) is 11.8 Å². The molecule has 8 nitrogen and oxygen atoms in total. The van der Waals surface area contributed by atoms with E-state index in [4.69, 9.17) is 4.74 Å². The van der Waals surface area contributed by atoms with Gasteiger partial charge < -0.3 is 15.4 Å². The molecular formula is C15H17N5O3S. The van der Waals surface area contributed by atoms with Crippen LogP contribution in [0.4, 0.5) is 5.69 Å². The van der Waals surface area contributed by atoms with Crippen LogP contribution in [0.2, 0.25) is 0 Å². The van der Waals surface area contributed by atoms with Gasteiger partial charge in [0.1, 0.15) is 10.8 Å². The number of thioether (sulfide) groups is 1. The van der Waals surface area contributed by atoms with Gasteiger partial charge in [0.05, 0.1) is 19.2 Å². The van der Waals surface area contributed by atoms with E-state index in [0.717, 1.165) is 10.6 Å². The summed E-state index contributed by atoms with van der Waals surface area (Å²) in [6, 6.07) is 5.31. The van der Waals surface area contributed by atoms with Crippen molar-refractivity contribution < 1.29 is 14.3 Å². The van der Waals surface area contributed by atoms with Crippen molar-refractivity contribution in [3.8, 4) is 5.75 Å². The summed E-state index contributed by atoms with van der Waals surface area (Å²) in [6.45, 7) is 0.480. The third kappa shape index (κ3) is 3.67. The zero-order valence-electron chi connectivity index (χ0n) is 13.0. The standard InChI is InChI=1S/C15H17N5O3S/c1-23-9-2-3-12-10(6-9)11(7-13(21)18-12)15(22)16-4-5-24-14-8-17-20-19-14/h2-3,6,8,11H,4-5,7H2,1H3,(H,16,22)(H,18,21)(H,17,19,20). The number of ether oxygens (including phenoxy) is 1. The van der Waals surface area contributed by atoms with Gasteiger partial charge in [0.2, 0.25) is 11.8 Å². The molecule has 0 saturated carbocycles. The number of methoxy groups -OCH3 is 1. The fourth-order valence-corrected chi connectivity index (χ4v) is 3.16. The molecule has 1 unspecified atom stereocenters. The van der Waals surface area contributed by atoms with Gasteiger partial charge >= 0.3 is 0 Å². The summed E-state index contributed by atoms with van der Waals surface area (Å²) in [4.78, 5) is 24.3. The minimum atomic E-state index is -0.513. The molecule has 0 aliphatic carbocycles. The van der Waals surface area contributed by atoms with E-state index < -0.39 is 5.92 Å². The van der Waals surface area contributed by atoms with Crippen molar-refractivity contribution in [3.63, 3.8) is 0 Å². The SMILES string of the molecule is COc1ccc2c(c1)C(C(=O)NCCSc1cn[nH]n1)CC(=O)N2. The number of hydrogen-bond acceptors (Lipinski definition) is 6. The zero-order valence-corrected chi connectivity index (χ0v) is 13.9. The lowest BCUT2D eigenvalue weighted by Gasteiger charge is -2.25. The van der Waals surface area contributed by atoms with Crippen LogP contribution in [-0.4, -0.2) is 46.6 Å². The van der Waals surface area contributed by atoms with Gasteiger partial charge in [-0.2, -0.15) is 10.3 Å². The summed E-state index contributed by atoms with van der Waals surface area (Å²) in [6.07, 6.45) is 1.75. The smallest absolute Gasteiger partial charge is 0.228 e. The highest BCUT2D eigenvalue weighted by Crippen LogP contribution is 2.34. The van der Waals surface area contributed by atoms with Gasteiger partial charge in [-0.15, -0.1) is 16.9 Å². The molecule has 1 aliphatic rings. The average Bonchev–Trinajstić information content (AvgIpc) is 3.10. The molecule has 0 fully saturated rings. The largest absolute Gasteiger partial charge is 0.497 e. The third-order valence-electron chi connectivity index (χ3n) is 3.66. The third-order valence-corrected chi connectivity index (χ3v) is 4.56. The summed E-state index contributed by atoms with van der Waals surface area (Å²) in [5.41, 5.74) is 1.43. The van der Waals surface area contributed by atoms with Crippen LogP contribution >= 0.6 is 11.8 Å². The van der Waals surface area contributed by atoms with Crippen LogP contribution in [0.25, 0.3) is 0 Å². The van der Waals surface area contributed by atoms with Crippen molar-refractivity contribution in [3.05, 3.63) is 30.0 Å². The highest BCUT2D eigenvalue weighted by atomic mass is 32.2. The maximum absolute atomic E-state index is 12.5. The maximum Gasteiger partial charge on any atom is 0.228 e. The van der Waals surface area contributed by atoms with Crippen molar-refractivity contribution in [1.29, 1.82) is 0 Å². The fraction of sp³-hybridized carbons (Fsp3) is 0.333. The Balaban J connectivity index is 1.63. The maximum atomic E-state index is 12.5. The van der Waals surface area contributed by atoms with Crippen molar-refractivity contribution in [2.75, 3.05) is 24.7 Å². The van der Waals surface area contributed by atoms with Crippen LogP contribution in [0.3, 0.4) is 0 Å². The molecule has 2 heterocycles. The minimum absolute atomic E-state index is 0.127. The first kappa shape index (κ1) is 16.3. The summed E-state index contributed by atoms with van der Waals surface area (Å²) in [5, 5.41) is 16.6. The average molecular weight is 347 g/mol. The normalized spacial score (nSPS) is 16.2. The molecule has 2 aromatic rings. The molecule has 24 heavy (non-hydrogen) atoms. The van der Waals surface area contributed by atoms with Crippen LogP contribution < -0.4 is 15.4 Å². The van der Waals surface area contributed by atoms with Crippen LogP contribution in [0, 0.1) is 0 Å². The molecule has 2 amide bonds. The van der Waals surface area contributed by atoms with E-state index in [-0.39, 0.29) is 18.2 Å². The molecular weight excluding hydrogens is 330 g/mol. The van der Waals surface area contributed by atoms with E-state index in [1.54, 1.807) is 31.5 Å². The van der Waals surface area contributed by atoms with Crippen LogP contribution in [0.5, 0.6) is 5.75 Å². The second-order valence-corrected chi connectivity index (χ2v) is 6.32. The van der Waals surface area contributed by atoms with Crippen molar-refractivity contribution in [2.45, 2.75) is 17.4 Å². The topological polar surface area (TPSA) is 109 Å². The summed E-state index contributed by atoms with van der Waals surface area (Å²) < 4.78 is 5.21.